The lowest BCUT2D eigenvalue weighted by Gasteiger charge is -2.36. The van der Waals surface area contributed by atoms with Crippen LogP contribution in [0, 0.1) is 0 Å². The zero-order valence-electron chi connectivity index (χ0n) is 15.3. The predicted molar refractivity (Wildman–Crippen MR) is 97.5 cm³/mol. The van der Waals surface area contributed by atoms with Gasteiger partial charge in [-0.05, 0) is 17.7 Å². The molecule has 2 saturated heterocycles. The molecule has 0 aromatic heterocycles. The molecule has 2 fully saturated rings. The second-order valence-corrected chi connectivity index (χ2v) is 7.33. The van der Waals surface area contributed by atoms with Gasteiger partial charge in [-0.25, -0.2) is 0 Å². The summed E-state index contributed by atoms with van der Waals surface area (Å²) in [5.41, 5.74) is 1.26. The molecule has 0 spiro atoms. The second kappa shape index (κ2) is 8.54. The van der Waals surface area contributed by atoms with E-state index in [1.165, 1.54) is 5.56 Å². The second-order valence-electron chi connectivity index (χ2n) is 7.33. The van der Waals surface area contributed by atoms with Crippen molar-refractivity contribution in [1.82, 2.24) is 14.7 Å². The van der Waals surface area contributed by atoms with Crippen molar-refractivity contribution in [3.8, 4) is 11.5 Å². The van der Waals surface area contributed by atoms with Crippen LogP contribution in [0.3, 0.4) is 0 Å². The summed E-state index contributed by atoms with van der Waals surface area (Å²) in [6.45, 7) is 10.3. The average Bonchev–Trinajstić information content (AvgIpc) is 3.12. The lowest BCUT2D eigenvalue weighted by molar-refractivity contribution is 0.00217. The SMILES string of the molecule is OC(CN1CCOCC1)CN1CCN(Cc2ccc3c(c2)OCO3)CC1. The van der Waals surface area contributed by atoms with Crippen LogP contribution in [0.1, 0.15) is 5.56 Å². The maximum Gasteiger partial charge on any atom is 0.231 e. The Labute approximate surface area is 155 Å². The van der Waals surface area contributed by atoms with E-state index in [1.807, 2.05) is 6.07 Å². The minimum absolute atomic E-state index is 0.284. The van der Waals surface area contributed by atoms with Gasteiger partial charge >= 0.3 is 0 Å². The number of β-amino-alcohol motifs (C(OH)–C–C–N with tert-alkyl or cyclic N) is 1. The first-order valence-corrected chi connectivity index (χ1v) is 9.58. The van der Waals surface area contributed by atoms with Gasteiger partial charge in [-0.3, -0.25) is 14.7 Å². The number of aliphatic hydroxyl groups excluding tert-OH is 1. The molecule has 1 aromatic rings. The van der Waals surface area contributed by atoms with Gasteiger partial charge < -0.3 is 19.3 Å². The number of hydrogen-bond donors (Lipinski definition) is 1. The summed E-state index contributed by atoms with van der Waals surface area (Å²) >= 11 is 0. The Bertz CT molecular complexity index is 586. The average molecular weight is 363 g/mol. The molecule has 1 N–H and O–H groups in total. The Morgan fingerprint density at radius 1 is 0.846 bits per heavy atom. The van der Waals surface area contributed by atoms with Crippen molar-refractivity contribution in [2.75, 3.05) is 72.4 Å². The molecule has 0 saturated carbocycles. The molecule has 0 amide bonds. The molecule has 0 bridgehead atoms. The molecule has 0 radical (unpaired) electrons. The monoisotopic (exact) mass is 363 g/mol. The molecule has 144 valence electrons. The van der Waals surface area contributed by atoms with E-state index >= 15 is 0 Å². The molecule has 0 aliphatic carbocycles. The maximum absolute atomic E-state index is 10.4. The first-order chi connectivity index (χ1) is 12.8. The molecule has 26 heavy (non-hydrogen) atoms. The van der Waals surface area contributed by atoms with Crippen molar-refractivity contribution in [1.29, 1.82) is 0 Å². The molecular formula is C19H29N3O4. The van der Waals surface area contributed by atoms with E-state index < -0.39 is 0 Å². The molecule has 1 aromatic carbocycles. The largest absolute Gasteiger partial charge is 0.454 e. The van der Waals surface area contributed by atoms with Gasteiger partial charge in [0, 0.05) is 58.9 Å². The van der Waals surface area contributed by atoms with Gasteiger partial charge in [-0.15, -0.1) is 0 Å². The van der Waals surface area contributed by atoms with Crippen LogP contribution in [0.25, 0.3) is 0 Å². The minimum atomic E-state index is -0.284. The highest BCUT2D eigenvalue weighted by atomic mass is 16.7. The van der Waals surface area contributed by atoms with Gasteiger partial charge in [0.15, 0.2) is 11.5 Å². The zero-order valence-corrected chi connectivity index (χ0v) is 15.3. The van der Waals surface area contributed by atoms with Gasteiger partial charge in [-0.2, -0.15) is 0 Å². The molecular weight excluding hydrogens is 334 g/mol. The van der Waals surface area contributed by atoms with Crippen LogP contribution < -0.4 is 9.47 Å². The molecule has 1 unspecified atom stereocenters. The Morgan fingerprint density at radius 2 is 1.50 bits per heavy atom. The molecule has 3 heterocycles. The summed E-state index contributed by atoms with van der Waals surface area (Å²) in [5.74, 6) is 1.69. The van der Waals surface area contributed by atoms with Crippen LogP contribution in [0.2, 0.25) is 0 Å². The molecule has 1 atom stereocenters. The summed E-state index contributed by atoms with van der Waals surface area (Å²) in [4.78, 5) is 7.13. The normalized spacial score (nSPS) is 23.3. The van der Waals surface area contributed by atoms with E-state index in [0.29, 0.717) is 6.79 Å². The quantitative estimate of drug-likeness (QED) is 0.776. The molecule has 3 aliphatic heterocycles. The van der Waals surface area contributed by atoms with Gasteiger partial charge in [0.2, 0.25) is 6.79 Å². The predicted octanol–water partition coefficient (Wildman–Crippen LogP) is 0.226. The first-order valence-electron chi connectivity index (χ1n) is 9.58. The highest BCUT2D eigenvalue weighted by molar-refractivity contribution is 5.44. The Morgan fingerprint density at radius 3 is 2.27 bits per heavy atom. The van der Waals surface area contributed by atoms with Crippen LogP contribution in [0.15, 0.2) is 18.2 Å². The summed E-state index contributed by atoms with van der Waals surface area (Å²) in [5, 5.41) is 10.4. The maximum atomic E-state index is 10.4. The highest BCUT2D eigenvalue weighted by Crippen LogP contribution is 2.32. The smallest absolute Gasteiger partial charge is 0.231 e. The third-order valence-corrected chi connectivity index (χ3v) is 5.35. The number of benzene rings is 1. The van der Waals surface area contributed by atoms with Crippen LogP contribution in [0.4, 0.5) is 0 Å². The van der Waals surface area contributed by atoms with E-state index in [1.54, 1.807) is 0 Å². The van der Waals surface area contributed by atoms with Gasteiger partial charge in [0.05, 0.1) is 19.3 Å². The minimum Gasteiger partial charge on any atom is -0.454 e. The van der Waals surface area contributed by atoms with Crippen molar-refractivity contribution < 1.29 is 19.3 Å². The van der Waals surface area contributed by atoms with Gasteiger partial charge in [0.25, 0.3) is 0 Å². The van der Waals surface area contributed by atoms with Crippen molar-refractivity contribution in [2.45, 2.75) is 12.6 Å². The summed E-state index contributed by atoms with van der Waals surface area (Å²) < 4.78 is 16.2. The Hall–Kier alpha value is -1.38. The van der Waals surface area contributed by atoms with Crippen LogP contribution in [-0.4, -0.2) is 98.3 Å². The van der Waals surface area contributed by atoms with E-state index in [2.05, 4.69) is 26.8 Å². The van der Waals surface area contributed by atoms with Crippen molar-refractivity contribution in [3.05, 3.63) is 23.8 Å². The fourth-order valence-corrected chi connectivity index (χ4v) is 3.87. The van der Waals surface area contributed by atoms with E-state index in [-0.39, 0.29) is 6.10 Å². The number of morpholine rings is 1. The van der Waals surface area contributed by atoms with Crippen LogP contribution in [0.5, 0.6) is 11.5 Å². The number of ether oxygens (including phenoxy) is 3. The summed E-state index contributed by atoms with van der Waals surface area (Å²) in [6, 6.07) is 6.20. The first kappa shape index (κ1) is 18.0. The molecule has 7 heteroatoms. The standard InChI is InChI=1S/C19H29N3O4/c23-17(14-22-7-9-24-10-8-22)13-21-5-3-20(4-6-21)12-16-1-2-18-19(11-16)26-15-25-18/h1-2,11,17,23H,3-10,12-15H2. The number of fused-ring (bicyclic) bond motifs is 1. The van der Waals surface area contributed by atoms with Crippen LogP contribution in [-0.2, 0) is 11.3 Å². The Kier molecular flexibility index (Phi) is 5.91. The number of aliphatic hydroxyl groups is 1. The van der Waals surface area contributed by atoms with Gasteiger partial charge in [-0.1, -0.05) is 6.07 Å². The molecule has 3 aliphatic rings. The fourth-order valence-electron chi connectivity index (χ4n) is 3.87. The van der Waals surface area contributed by atoms with Crippen LogP contribution >= 0.6 is 0 Å². The number of piperazine rings is 1. The molecule has 7 nitrogen and oxygen atoms in total. The third-order valence-electron chi connectivity index (χ3n) is 5.35. The van der Waals surface area contributed by atoms with Crippen molar-refractivity contribution in [3.63, 3.8) is 0 Å². The van der Waals surface area contributed by atoms with Crippen molar-refractivity contribution >= 4 is 0 Å². The number of hydrogen-bond acceptors (Lipinski definition) is 7. The van der Waals surface area contributed by atoms with E-state index in [0.717, 1.165) is 83.6 Å². The topological polar surface area (TPSA) is 57.6 Å². The summed E-state index contributed by atoms with van der Waals surface area (Å²) in [6.07, 6.45) is -0.284. The lowest BCUT2D eigenvalue weighted by atomic mass is 10.1. The zero-order chi connectivity index (χ0) is 17.8. The lowest BCUT2D eigenvalue weighted by Crippen LogP contribution is -2.50. The third kappa shape index (κ3) is 4.66. The Balaban J connectivity index is 1.19. The number of nitrogens with zero attached hydrogens (tertiary/aromatic N) is 3. The molecule has 4 rings (SSSR count). The van der Waals surface area contributed by atoms with Gasteiger partial charge in [0.1, 0.15) is 0 Å². The summed E-state index contributed by atoms with van der Waals surface area (Å²) in [7, 11) is 0. The van der Waals surface area contributed by atoms with E-state index in [4.69, 9.17) is 14.2 Å². The van der Waals surface area contributed by atoms with Crippen molar-refractivity contribution in [2.24, 2.45) is 0 Å². The fraction of sp³-hybridized carbons (Fsp3) is 0.684. The van der Waals surface area contributed by atoms with E-state index in [9.17, 15) is 5.11 Å². The highest BCUT2D eigenvalue weighted by Gasteiger charge is 2.22. The number of rotatable bonds is 6.